The van der Waals surface area contributed by atoms with Gasteiger partial charge in [0, 0.05) is 35.1 Å². The molecule has 6 nitrogen and oxygen atoms in total. The number of carbonyl (C=O) groups is 1. The van der Waals surface area contributed by atoms with Crippen molar-refractivity contribution < 1.29 is 18.3 Å². The monoisotopic (exact) mass is 363 g/mol. The third-order valence-electron chi connectivity index (χ3n) is 3.98. The number of nitrogens with zero attached hydrogens (tertiary/aromatic N) is 2. The molecule has 0 aliphatic heterocycles. The molecular weight excluding hydrogens is 349 g/mol. The molecule has 1 N–H and O–H groups in total. The molecule has 0 unspecified atom stereocenters. The van der Waals surface area contributed by atoms with Crippen LogP contribution in [0.25, 0.3) is 11.0 Å². The number of aryl methyl sites for hydroxylation is 1. The molecule has 2 heterocycles. The third-order valence-corrected chi connectivity index (χ3v) is 3.98. The molecule has 27 heavy (non-hydrogen) atoms. The molecule has 2 aromatic carbocycles. The number of hydrogen-bond donors (Lipinski definition) is 1. The number of para-hydroxylation sites is 1. The average Bonchev–Trinajstić information content (AvgIpc) is 3.01. The van der Waals surface area contributed by atoms with Crippen LogP contribution in [0.5, 0.6) is 11.6 Å². The summed E-state index contributed by atoms with van der Waals surface area (Å²) in [5.41, 5.74) is 1.15. The molecule has 0 saturated carbocycles. The number of furan rings is 1. The lowest BCUT2D eigenvalue weighted by molar-refractivity contribution is 0.0997. The lowest BCUT2D eigenvalue weighted by Gasteiger charge is -2.07. The van der Waals surface area contributed by atoms with Crippen LogP contribution < -0.4 is 10.1 Å². The first-order valence-electron chi connectivity index (χ1n) is 8.15. The largest absolute Gasteiger partial charge is 0.448 e. The van der Waals surface area contributed by atoms with Gasteiger partial charge in [-0.25, -0.2) is 9.37 Å². The summed E-state index contributed by atoms with van der Waals surface area (Å²) in [7, 11) is 0. The van der Waals surface area contributed by atoms with E-state index >= 15 is 0 Å². The van der Waals surface area contributed by atoms with Crippen molar-refractivity contribution in [2.45, 2.75) is 6.92 Å². The van der Waals surface area contributed by atoms with Gasteiger partial charge in [0.05, 0.1) is 6.20 Å². The number of rotatable bonds is 4. The smallest absolute Gasteiger partial charge is 0.291 e. The van der Waals surface area contributed by atoms with Crippen LogP contribution in [0, 0.1) is 12.7 Å². The van der Waals surface area contributed by atoms with Gasteiger partial charge in [-0.3, -0.25) is 9.78 Å². The maximum atomic E-state index is 13.9. The van der Waals surface area contributed by atoms with E-state index in [1.165, 1.54) is 18.5 Å². The van der Waals surface area contributed by atoms with E-state index in [1.54, 1.807) is 49.5 Å². The number of benzene rings is 2. The summed E-state index contributed by atoms with van der Waals surface area (Å²) in [5.74, 6) is -0.0885. The number of nitrogens with one attached hydrogen (secondary N) is 1. The normalized spacial score (nSPS) is 10.7. The van der Waals surface area contributed by atoms with Gasteiger partial charge in [0.15, 0.2) is 17.2 Å². The zero-order valence-corrected chi connectivity index (χ0v) is 14.3. The van der Waals surface area contributed by atoms with E-state index in [2.05, 4.69) is 15.3 Å². The van der Waals surface area contributed by atoms with Crippen molar-refractivity contribution >= 4 is 22.6 Å². The second kappa shape index (κ2) is 6.87. The highest BCUT2D eigenvalue weighted by Crippen LogP contribution is 2.28. The van der Waals surface area contributed by atoms with Gasteiger partial charge in [-0.2, -0.15) is 0 Å². The number of amides is 1. The quantitative estimate of drug-likeness (QED) is 0.568. The van der Waals surface area contributed by atoms with Gasteiger partial charge in [-0.1, -0.05) is 18.2 Å². The van der Waals surface area contributed by atoms with Gasteiger partial charge < -0.3 is 14.5 Å². The minimum atomic E-state index is -0.506. The summed E-state index contributed by atoms with van der Waals surface area (Å²) in [6.45, 7) is 1.72. The second-order valence-electron chi connectivity index (χ2n) is 5.80. The first-order valence-corrected chi connectivity index (χ1v) is 8.15. The molecule has 2 aromatic heterocycles. The van der Waals surface area contributed by atoms with Crippen LogP contribution >= 0.6 is 0 Å². The standard InChI is InChI=1S/C20H14FN3O3/c1-12-15-6-3-7-16(21)19(15)27-18(12)20(25)24-13-4-2-5-14(10-13)26-17-11-22-8-9-23-17/h2-11H,1H3,(H,24,25). The van der Waals surface area contributed by atoms with Gasteiger partial charge in [0.25, 0.3) is 5.91 Å². The highest BCUT2D eigenvalue weighted by atomic mass is 19.1. The van der Waals surface area contributed by atoms with Gasteiger partial charge in [0.2, 0.25) is 5.88 Å². The summed E-state index contributed by atoms with van der Waals surface area (Å²) < 4.78 is 24.9. The maximum absolute atomic E-state index is 13.9. The number of fused-ring (bicyclic) bond motifs is 1. The maximum Gasteiger partial charge on any atom is 0.291 e. The Labute approximate surface area is 153 Å². The van der Waals surface area contributed by atoms with Crippen molar-refractivity contribution in [2.24, 2.45) is 0 Å². The molecular formula is C20H14FN3O3. The highest BCUT2D eigenvalue weighted by molar-refractivity contribution is 6.06. The van der Waals surface area contributed by atoms with Crippen LogP contribution in [-0.2, 0) is 0 Å². The molecule has 0 saturated heterocycles. The summed E-state index contributed by atoms with van der Waals surface area (Å²) in [6, 6.07) is 11.4. The van der Waals surface area contributed by atoms with Crippen molar-refractivity contribution in [1.29, 1.82) is 0 Å². The Morgan fingerprint density at radius 1 is 1.19 bits per heavy atom. The Bertz CT molecular complexity index is 1130. The van der Waals surface area contributed by atoms with Gasteiger partial charge in [0.1, 0.15) is 5.75 Å². The predicted octanol–water partition coefficient (Wildman–Crippen LogP) is 4.71. The molecule has 0 fully saturated rings. The van der Waals surface area contributed by atoms with Crippen LogP contribution in [0.3, 0.4) is 0 Å². The predicted molar refractivity (Wildman–Crippen MR) is 97.4 cm³/mol. The van der Waals surface area contributed by atoms with Gasteiger partial charge in [-0.05, 0) is 25.1 Å². The first-order chi connectivity index (χ1) is 13.1. The van der Waals surface area contributed by atoms with E-state index in [4.69, 9.17) is 9.15 Å². The molecule has 4 aromatic rings. The lowest BCUT2D eigenvalue weighted by atomic mass is 10.1. The minimum Gasteiger partial charge on any atom is -0.448 e. The average molecular weight is 363 g/mol. The number of anilines is 1. The lowest BCUT2D eigenvalue weighted by Crippen LogP contribution is -2.12. The number of hydrogen-bond acceptors (Lipinski definition) is 5. The zero-order chi connectivity index (χ0) is 18.8. The zero-order valence-electron chi connectivity index (χ0n) is 14.3. The van der Waals surface area contributed by atoms with Crippen LogP contribution in [0.1, 0.15) is 16.1 Å². The molecule has 0 aliphatic rings. The molecule has 4 rings (SSSR count). The molecule has 0 atom stereocenters. The van der Waals surface area contributed by atoms with E-state index in [9.17, 15) is 9.18 Å². The molecule has 0 bridgehead atoms. The fourth-order valence-corrected chi connectivity index (χ4v) is 2.71. The molecule has 7 heteroatoms. The third kappa shape index (κ3) is 3.35. The Kier molecular flexibility index (Phi) is 4.25. The van der Waals surface area contributed by atoms with Crippen molar-refractivity contribution in [1.82, 2.24) is 9.97 Å². The minimum absolute atomic E-state index is 0.0651. The Hall–Kier alpha value is -3.74. The molecule has 1 amide bonds. The summed E-state index contributed by atoms with van der Waals surface area (Å²) >= 11 is 0. The fourth-order valence-electron chi connectivity index (χ4n) is 2.71. The Balaban J connectivity index is 1.57. The number of carbonyl (C=O) groups excluding carboxylic acids is 1. The van der Waals surface area contributed by atoms with Gasteiger partial charge in [-0.15, -0.1) is 0 Å². The van der Waals surface area contributed by atoms with Crippen molar-refractivity contribution in [3.05, 3.63) is 78.2 Å². The van der Waals surface area contributed by atoms with Crippen molar-refractivity contribution in [3.8, 4) is 11.6 Å². The van der Waals surface area contributed by atoms with Gasteiger partial charge >= 0.3 is 0 Å². The van der Waals surface area contributed by atoms with Crippen LogP contribution in [0.2, 0.25) is 0 Å². The number of aromatic nitrogens is 2. The summed E-state index contributed by atoms with van der Waals surface area (Å²) in [4.78, 5) is 20.6. The topological polar surface area (TPSA) is 77.2 Å². The van der Waals surface area contributed by atoms with Crippen LogP contribution in [0.4, 0.5) is 10.1 Å². The van der Waals surface area contributed by atoms with Crippen molar-refractivity contribution in [2.75, 3.05) is 5.32 Å². The van der Waals surface area contributed by atoms with Crippen LogP contribution in [-0.4, -0.2) is 15.9 Å². The van der Waals surface area contributed by atoms with E-state index in [-0.39, 0.29) is 11.3 Å². The summed E-state index contributed by atoms with van der Waals surface area (Å²) in [6.07, 6.45) is 4.55. The molecule has 0 radical (unpaired) electrons. The highest BCUT2D eigenvalue weighted by Gasteiger charge is 2.19. The van der Waals surface area contributed by atoms with E-state index < -0.39 is 11.7 Å². The Morgan fingerprint density at radius 2 is 2.04 bits per heavy atom. The summed E-state index contributed by atoms with van der Waals surface area (Å²) in [5, 5.41) is 3.30. The van der Waals surface area contributed by atoms with E-state index in [0.717, 1.165) is 0 Å². The Morgan fingerprint density at radius 3 is 2.81 bits per heavy atom. The first kappa shape index (κ1) is 16.7. The fraction of sp³-hybridized carbons (Fsp3) is 0.0500. The van der Waals surface area contributed by atoms with E-state index in [0.29, 0.717) is 28.3 Å². The molecule has 0 aliphatic carbocycles. The molecule has 0 spiro atoms. The molecule has 134 valence electrons. The SMILES string of the molecule is Cc1c(C(=O)Nc2cccc(Oc3cnccn3)c2)oc2c(F)cccc12. The number of ether oxygens (including phenoxy) is 1. The second-order valence-corrected chi connectivity index (χ2v) is 5.80. The van der Waals surface area contributed by atoms with Crippen LogP contribution in [0.15, 0.2) is 65.5 Å². The van der Waals surface area contributed by atoms with Crippen molar-refractivity contribution in [3.63, 3.8) is 0 Å². The number of halogens is 1. The van der Waals surface area contributed by atoms with E-state index in [1.807, 2.05) is 0 Å².